The Morgan fingerprint density at radius 2 is 2.24 bits per heavy atom. The Bertz CT molecular complexity index is 629. The van der Waals surface area contributed by atoms with Crippen LogP contribution in [0.1, 0.15) is 36.8 Å². The number of rotatable bonds is 0. The summed E-state index contributed by atoms with van der Waals surface area (Å²) in [6, 6.07) is 4.22. The molecule has 1 N–H and O–H groups in total. The molecule has 1 aromatic carbocycles. The van der Waals surface area contributed by atoms with Crippen LogP contribution in [0.15, 0.2) is 16.6 Å². The van der Waals surface area contributed by atoms with Crippen LogP contribution in [-0.2, 0) is 16.6 Å². The van der Waals surface area contributed by atoms with Crippen molar-refractivity contribution in [3.63, 3.8) is 0 Å². The number of likely N-dealkylation sites (tertiary alicyclic amines) is 1. The van der Waals surface area contributed by atoms with Gasteiger partial charge in [-0.15, -0.1) is 0 Å². The molecule has 1 aliphatic heterocycles. The Balaban J connectivity index is 1.98. The number of halogens is 1. The fourth-order valence-electron chi connectivity index (χ4n) is 5.12. The summed E-state index contributed by atoms with van der Waals surface area (Å²) in [6.45, 7) is 1.01. The van der Waals surface area contributed by atoms with Crippen molar-refractivity contribution in [1.82, 2.24) is 4.90 Å². The van der Waals surface area contributed by atoms with Gasteiger partial charge in [-0.3, -0.25) is 4.79 Å². The highest BCUT2D eigenvalue weighted by molar-refractivity contribution is 9.10. The SMILES string of the molecule is CN1CC[C@]23CC(=O)CC[C@H]2[C@H]1Cc1c(Br)ccc(O)c13. The van der Waals surface area contributed by atoms with Crippen LogP contribution in [0.4, 0.5) is 0 Å². The van der Waals surface area contributed by atoms with Crippen molar-refractivity contribution in [1.29, 1.82) is 0 Å². The number of phenolic OH excluding ortho intramolecular Hbond substituents is 1. The number of benzene rings is 1. The third kappa shape index (κ3) is 1.78. The maximum atomic E-state index is 12.2. The minimum atomic E-state index is -0.131. The predicted octanol–water partition coefficient (Wildman–Crippen LogP) is 3.02. The molecule has 0 amide bonds. The lowest BCUT2D eigenvalue weighted by Crippen LogP contribution is -2.61. The third-order valence-corrected chi connectivity index (χ3v) is 6.79. The molecule has 3 aliphatic rings. The molecule has 4 rings (SSSR count). The van der Waals surface area contributed by atoms with Gasteiger partial charge in [0.05, 0.1) is 0 Å². The van der Waals surface area contributed by atoms with Gasteiger partial charge in [0.1, 0.15) is 11.5 Å². The van der Waals surface area contributed by atoms with E-state index in [4.69, 9.17) is 0 Å². The van der Waals surface area contributed by atoms with Gasteiger partial charge in [-0.1, -0.05) is 15.9 Å². The molecular weight excluding hydrogens is 330 g/mol. The second-order valence-corrected chi connectivity index (χ2v) is 7.79. The zero-order chi connectivity index (χ0) is 14.8. The molecule has 1 saturated carbocycles. The van der Waals surface area contributed by atoms with Crippen LogP contribution < -0.4 is 0 Å². The Morgan fingerprint density at radius 1 is 1.43 bits per heavy atom. The lowest BCUT2D eigenvalue weighted by atomic mass is 9.52. The van der Waals surface area contributed by atoms with Crippen LogP contribution in [0.5, 0.6) is 5.75 Å². The highest BCUT2D eigenvalue weighted by Gasteiger charge is 2.56. The van der Waals surface area contributed by atoms with E-state index in [0.717, 1.165) is 35.8 Å². The largest absolute Gasteiger partial charge is 0.508 e. The van der Waals surface area contributed by atoms with Crippen molar-refractivity contribution in [3.8, 4) is 5.75 Å². The van der Waals surface area contributed by atoms with Gasteiger partial charge in [0, 0.05) is 34.3 Å². The van der Waals surface area contributed by atoms with Crippen LogP contribution in [0, 0.1) is 5.92 Å². The van der Waals surface area contributed by atoms with E-state index in [2.05, 4.69) is 27.9 Å². The number of likely N-dealkylation sites (N-methyl/N-ethyl adjacent to an activating group) is 1. The molecular formula is C17H20BrNO2. The Kier molecular flexibility index (Phi) is 2.99. The first-order valence-corrected chi connectivity index (χ1v) is 8.55. The van der Waals surface area contributed by atoms with Gasteiger partial charge in [-0.2, -0.15) is 0 Å². The van der Waals surface area contributed by atoms with Gasteiger partial charge in [-0.05, 0) is 56.5 Å². The highest BCUT2D eigenvalue weighted by Crippen LogP contribution is 2.57. The Labute approximate surface area is 133 Å². The van der Waals surface area contributed by atoms with E-state index in [9.17, 15) is 9.90 Å². The van der Waals surface area contributed by atoms with Crippen LogP contribution in [-0.4, -0.2) is 35.4 Å². The molecule has 1 saturated heterocycles. The molecule has 0 spiro atoms. The van der Waals surface area contributed by atoms with Gasteiger partial charge in [0.2, 0.25) is 0 Å². The topological polar surface area (TPSA) is 40.5 Å². The maximum Gasteiger partial charge on any atom is 0.133 e. The van der Waals surface area contributed by atoms with Crippen molar-refractivity contribution in [2.75, 3.05) is 13.6 Å². The van der Waals surface area contributed by atoms with E-state index < -0.39 is 0 Å². The minimum absolute atomic E-state index is 0.131. The van der Waals surface area contributed by atoms with E-state index in [0.29, 0.717) is 36.3 Å². The molecule has 3 atom stereocenters. The van der Waals surface area contributed by atoms with Crippen molar-refractivity contribution < 1.29 is 9.90 Å². The summed E-state index contributed by atoms with van der Waals surface area (Å²) in [5, 5.41) is 10.5. The Hall–Kier alpha value is -0.870. The lowest BCUT2D eigenvalue weighted by molar-refractivity contribution is -0.126. The van der Waals surface area contributed by atoms with E-state index >= 15 is 0 Å². The van der Waals surface area contributed by atoms with Crippen LogP contribution >= 0.6 is 15.9 Å². The molecule has 0 unspecified atom stereocenters. The van der Waals surface area contributed by atoms with E-state index in [1.807, 2.05) is 6.07 Å². The summed E-state index contributed by atoms with van der Waals surface area (Å²) in [4.78, 5) is 14.6. The third-order valence-electron chi connectivity index (χ3n) is 6.04. The molecule has 2 aliphatic carbocycles. The number of phenols is 1. The van der Waals surface area contributed by atoms with Crippen molar-refractivity contribution in [3.05, 3.63) is 27.7 Å². The summed E-state index contributed by atoms with van der Waals surface area (Å²) >= 11 is 3.66. The van der Waals surface area contributed by atoms with Gasteiger partial charge in [0.25, 0.3) is 0 Å². The molecule has 0 radical (unpaired) electrons. The number of hydrogen-bond donors (Lipinski definition) is 1. The number of carbonyl (C=O) groups excluding carboxylic acids is 1. The van der Waals surface area contributed by atoms with Gasteiger partial charge in [-0.25, -0.2) is 0 Å². The summed E-state index contributed by atoms with van der Waals surface area (Å²) in [5.74, 6) is 1.25. The molecule has 0 aromatic heterocycles. The van der Waals surface area contributed by atoms with Crippen LogP contribution in [0.25, 0.3) is 0 Å². The lowest BCUT2D eigenvalue weighted by Gasteiger charge is -2.58. The molecule has 112 valence electrons. The average molecular weight is 350 g/mol. The summed E-state index contributed by atoms with van der Waals surface area (Å²) in [6.07, 6.45) is 4.24. The van der Waals surface area contributed by atoms with E-state index in [1.165, 1.54) is 5.56 Å². The zero-order valence-electron chi connectivity index (χ0n) is 12.2. The predicted molar refractivity (Wildman–Crippen MR) is 84.6 cm³/mol. The number of piperidine rings is 1. The van der Waals surface area contributed by atoms with E-state index in [1.54, 1.807) is 6.07 Å². The number of carbonyl (C=O) groups is 1. The summed E-state index contributed by atoms with van der Waals surface area (Å²) < 4.78 is 1.08. The van der Waals surface area contributed by atoms with Crippen molar-refractivity contribution in [2.45, 2.75) is 43.6 Å². The average Bonchev–Trinajstić information content (AvgIpc) is 2.46. The molecule has 1 heterocycles. The standard InChI is InChI=1S/C17H20BrNO2/c1-19-7-6-17-9-10(20)2-3-12(17)14(19)8-11-13(18)4-5-15(21)16(11)17/h4-5,12,14,21H,2-3,6-9H2,1H3/t12-,14+,17-/m0/s1. The quantitative estimate of drug-likeness (QED) is 0.782. The monoisotopic (exact) mass is 349 g/mol. The number of hydrogen-bond acceptors (Lipinski definition) is 3. The molecule has 2 fully saturated rings. The first-order chi connectivity index (χ1) is 10.0. The van der Waals surface area contributed by atoms with Gasteiger partial charge in [0.15, 0.2) is 0 Å². The number of aromatic hydroxyl groups is 1. The fourth-order valence-corrected chi connectivity index (χ4v) is 5.61. The number of fused-ring (bicyclic) bond motifs is 1. The fraction of sp³-hybridized carbons (Fsp3) is 0.588. The van der Waals surface area contributed by atoms with Crippen molar-refractivity contribution >= 4 is 21.7 Å². The second kappa shape index (κ2) is 4.56. The smallest absolute Gasteiger partial charge is 0.133 e. The van der Waals surface area contributed by atoms with Crippen LogP contribution in [0.3, 0.4) is 0 Å². The van der Waals surface area contributed by atoms with Crippen LogP contribution in [0.2, 0.25) is 0 Å². The summed E-state index contributed by atoms with van der Waals surface area (Å²) in [7, 11) is 2.20. The van der Waals surface area contributed by atoms with Gasteiger partial charge < -0.3 is 10.0 Å². The molecule has 3 nitrogen and oxygen atoms in total. The first-order valence-electron chi connectivity index (χ1n) is 7.76. The molecule has 4 heteroatoms. The molecule has 2 bridgehead atoms. The first kappa shape index (κ1) is 13.8. The van der Waals surface area contributed by atoms with Crippen molar-refractivity contribution in [2.24, 2.45) is 5.92 Å². The van der Waals surface area contributed by atoms with Gasteiger partial charge >= 0.3 is 0 Å². The van der Waals surface area contributed by atoms with E-state index in [-0.39, 0.29) is 5.41 Å². The second-order valence-electron chi connectivity index (χ2n) is 6.94. The number of ketones is 1. The maximum absolute atomic E-state index is 12.2. The molecule has 21 heavy (non-hydrogen) atoms. The molecule has 1 aromatic rings. The zero-order valence-corrected chi connectivity index (χ0v) is 13.8. The Morgan fingerprint density at radius 3 is 3.05 bits per heavy atom. The minimum Gasteiger partial charge on any atom is -0.508 e. The normalized spacial score (nSPS) is 35.2. The number of nitrogens with zero attached hydrogens (tertiary/aromatic N) is 1. The highest BCUT2D eigenvalue weighted by atomic mass is 79.9. The summed E-state index contributed by atoms with van der Waals surface area (Å²) in [5.41, 5.74) is 2.16. The number of Topliss-reactive ketones (excluding diaryl/α,β-unsaturated/α-hetero) is 1.